The van der Waals surface area contributed by atoms with E-state index >= 15 is 0 Å². The zero-order valence-corrected chi connectivity index (χ0v) is 12.3. The smallest absolute Gasteiger partial charge is 0.0314 e. The Morgan fingerprint density at radius 1 is 1.22 bits per heavy atom. The van der Waals surface area contributed by atoms with E-state index in [2.05, 4.69) is 45.1 Å². The molecule has 1 aromatic rings. The molecule has 3 N–H and O–H groups in total. The highest BCUT2D eigenvalue weighted by molar-refractivity contribution is 5.40. The van der Waals surface area contributed by atoms with Crippen LogP contribution in [0.2, 0.25) is 0 Å². The maximum absolute atomic E-state index is 5.70. The normalized spacial score (nSPS) is 13.6. The van der Waals surface area contributed by atoms with Crippen molar-refractivity contribution in [1.29, 1.82) is 0 Å². The van der Waals surface area contributed by atoms with Crippen molar-refractivity contribution in [3.8, 4) is 0 Å². The van der Waals surface area contributed by atoms with Crippen LogP contribution in [0.5, 0.6) is 0 Å². The Bertz CT molecular complexity index is 341. The molecule has 2 nitrogen and oxygen atoms in total. The molecule has 0 heterocycles. The fourth-order valence-electron chi connectivity index (χ4n) is 1.86. The van der Waals surface area contributed by atoms with Crippen LogP contribution in [0.25, 0.3) is 0 Å². The van der Waals surface area contributed by atoms with Crippen molar-refractivity contribution in [3.05, 3.63) is 29.8 Å². The largest absolute Gasteiger partial charge is 0.399 e. The lowest BCUT2D eigenvalue weighted by Gasteiger charge is -2.23. The summed E-state index contributed by atoms with van der Waals surface area (Å²) >= 11 is 0. The fourth-order valence-corrected chi connectivity index (χ4v) is 1.86. The van der Waals surface area contributed by atoms with Crippen molar-refractivity contribution < 1.29 is 0 Å². The van der Waals surface area contributed by atoms with Gasteiger partial charge in [-0.1, -0.05) is 39.8 Å². The quantitative estimate of drug-likeness (QED) is 0.569. The first-order valence-corrected chi connectivity index (χ1v) is 7.01. The van der Waals surface area contributed by atoms with Crippen LogP contribution < -0.4 is 11.1 Å². The lowest BCUT2D eigenvalue weighted by molar-refractivity contribution is 0.326. The number of benzene rings is 1. The van der Waals surface area contributed by atoms with Crippen LogP contribution in [0, 0.1) is 5.41 Å². The minimum atomic E-state index is 0.407. The SMILES string of the molecule is CCC(C)(C)CNCCC(C)c1ccc(N)cc1. The number of hydrogen-bond donors (Lipinski definition) is 2. The second-order valence-electron chi connectivity index (χ2n) is 6.05. The van der Waals surface area contributed by atoms with Crippen LogP contribution in [0.15, 0.2) is 24.3 Å². The summed E-state index contributed by atoms with van der Waals surface area (Å²) in [4.78, 5) is 0. The predicted molar refractivity (Wildman–Crippen MR) is 80.8 cm³/mol. The third-order valence-corrected chi connectivity index (χ3v) is 3.82. The predicted octanol–water partition coefficient (Wildman–Crippen LogP) is 3.79. The summed E-state index contributed by atoms with van der Waals surface area (Å²) in [6, 6.07) is 8.24. The van der Waals surface area contributed by atoms with Gasteiger partial charge in [-0.05, 0) is 48.4 Å². The minimum Gasteiger partial charge on any atom is -0.399 e. The van der Waals surface area contributed by atoms with Crippen LogP contribution in [-0.2, 0) is 0 Å². The Kier molecular flexibility index (Phi) is 5.67. The Morgan fingerprint density at radius 2 is 1.83 bits per heavy atom. The molecule has 18 heavy (non-hydrogen) atoms. The standard InChI is InChI=1S/C16H28N2/c1-5-16(3,4)12-18-11-10-13(2)14-6-8-15(17)9-7-14/h6-9,13,18H,5,10-12,17H2,1-4H3. The van der Waals surface area contributed by atoms with Crippen molar-refractivity contribution in [2.75, 3.05) is 18.8 Å². The highest BCUT2D eigenvalue weighted by Gasteiger charge is 2.14. The van der Waals surface area contributed by atoms with Crippen molar-refractivity contribution >= 4 is 5.69 Å². The molecule has 2 heteroatoms. The molecule has 0 aliphatic heterocycles. The first-order valence-electron chi connectivity index (χ1n) is 7.01. The molecule has 0 aliphatic carbocycles. The Balaban J connectivity index is 2.29. The van der Waals surface area contributed by atoms with Gasteiger partial charge in [0.15, 0.2) is 0 Å². The zero-order chi connectivity index (χ0) is 13.6. The van der Waals surface area contributed by atoms with E-state index in [0.717, 1.165) is 18.8 Å². The second-order valence-corrected chi connectivity index (χ2v) is 6.05. The van der Waals surface area contributed by atoms with Crippen molar-refractivity contribution in [2.24, 2.45) is 5.41 Å². The summed E-state index contributed by atoms with van der Waals surface area (Å²) in [7, 11) is 0. The zero-order valence-electron chi connectivity index (χ0n) is 12.3. The molecule has 0 amide bonds. The van der Waals surface area contributed by atoms with Gasteiger partial charge in [0, 0.05) is 12.2 Å². The van der Waals surface area contributed by atoms with E-state index in [9.17, 15) is 0 Å². The van der Waals surface area contributed by atoms with Crippen LogP contribution in [-0.4, -0.2) is 13.1 Å². The fraction of sp³-hybridized carbons (Fsp3) is 0.625. The van der Waals surface area contributed by atoms with Gasteiger partial charge in [-0.3, -0.25) is 0 Å². The van der Waals surface area contributed by atoms with E-state index in [1.807, 2.05) is 12.1 Å². The van der Waals surface area contributed by atoms with Crippen LogP contribution in [0.3, 0.4) is 0 Å². The van der Waals surface area contributed by atoms with Gasteiger partial charge in [-0.25, -0.2) is 0 Å². The van der Waals surface area contributed by atoms with Crippen LogP contribution in [0.4, 0.5) is 5.69 Å². The maximum atomic E-state index is 5.70. The summed E-state index contributed by atoms with van der Waals surface area (Å²) < 4.78 is 0. The number of nitrogens with two attached hydrogens (primary N) is 1. The Morgan fingerprint density at radius 3 is 2.39 bits per heavy atom. The Labute approximate surface area is 112 Å². The highest BCUT2D eigenvalue weighted by atomic mass is 14.9. The average Bonchev–Trinajstić information content (AvgIpc) is 2.35. The molecule has 0 fully saturated rings. The van der Waals surface area contributed by atoms with E-state index < -0.39 is 0 Å². The van der Waals surface area contributed by atoms with Gasteiger partial charge in [0.1, 0.15) is 0 Å². The third-order valence-electron chi connectivity index (χ3n) is 3.82. The van der Waals surface area contributed by atoms with Gasteiger partial charge in [-0.15, -0.1) is 0 Å². The molecule has 0 aromatic heterocycles. The van der Waals surface area contributed by atoms with Crippen LogP contribution >= 0.6 is 0 Å². The van der Waals surface area contributed by atoms with Gasteiger partial charge >= 0.3 is 0 Å². The number of nitrogens with one attached hydrogen (secondary N) is 1. The minimum absolute atomic E-state index is 0.407. The summed E-state index contributed by atoms with van der Waals surface area (Å²) in [5, 5.41) is 3.56. The average molecular weight is 248 g/mol. The lowest BCUT2D eigenvalue weighted by Crippen LogP contribution is -2.30. The second kappa shape index (κ2) is 6.79. The molecule has 1 unspecified atom stereocenters. The van der Waals surface area contributed by atoms with Crippen LogP contribution in [0.1, 0.15) is 52.0 Å². The van der Waals surface area contributed by atoms with Gasteiger partial charge in [-0.2, -0.15) is 0 Å². The van der Waals surface area contributed by atoms with Crippen molar-refractivity contribution in [1.82, 2.24) is 5.32 Å². The maximum Gasteiger partial charge on any atom is 0.0314 e. The molecule has 0 spiro atoms. The van der Waals surface area contributed by atoms with E-state index in [1.165, 1.54) is 18.4 Å². The molecule has 1 aromatic carbocycles. The van der Waals surface area contributed by atoms with E-state index in [4.69, 9.17) is 5.73 Å². The van der Waals surface area contributed by atoms with E-state index in [1.54, 1.807) is 0 Å². The van der Waals surface area contributed by atoms with Gasteiger partial charge in [0.05, 0.1) is 0 Å². The Hall–Kier alpha value is -1.02. The molecule has 0 saturated heterocycles. The monoisotopic (exact) mass is 248 g/mol. The topological polar surface area (TPSA) is 38.0 Å². The van der Waals surface area contributed by atoms with Crippen molar-refractivity contribution in [2.45, 2.75) is 46.5 Å². The summed E-state index contributed by atoms with van der Waals surface area (Å²) in [6.07, 6.45) is 2.39. The number of hydrogen-bond acceptors (Lipinski definition) is 2. The van der Waals surface area contributed by atoms with E-state index in [0.29, 0.717) is 11.3 Å². The first kappa shape index (κ1) is 15.0. The summed E-state index contributed by atoms with van der Waals surface area (Å²) in [6.45, 7) is 11.3. The number of nitrogen functional groups attached to an aromatic ring is 1. The third kappa shape index (κ3) is 5.09. The molecule has 0 aliphatic rings. The molecule has 0 radical (unpaired) electrons. The van der Waals surface area contributed by atoms with Gasteiger partial charge < -0.3 is 11.1 Å². The summed E-state index contributed by atoms with van der Waals surface area (Å²) in [5.74, 6) is 0.586. The molecular formula is C16H28N2. The molecule has 1 atom stereocenters. The lowest BCUT2D eigenvalue weighted by atomic mass is 9.90. The molecular weight excluding hydrogens is 220 g/mol. The number of rotatable bonds is 7. The highest BCUT2D eigenvalue weighted by Crippen LogP contribution is 2.20. The summed E-state index contributed by atoms with van der Waals surface area (Å²) in [5.41, 5.74) is 8.32. The van der Waals surface area contributed by atoms with E-state index in [-0.39, 0.29) is 0 Å². The first-order chi connectivity index (χ1) is 8.44. The van der Waals surface area contributed by atoms with Gasteiger partial charge in [0.25, 0.3) is 0 Å². The van der Waals surface area contributed by atoms with Crippen molar-refractivity contribution in [3.63, 3.8) is 0 Å². The molecule has 102 valence electrons. The molecule has 0 bridgehead atoms. The molecule has 1 rings (SSSR count). The number of anilines is 1. The van der Waals surface area contributed by atoms with Gasteiger partial charge in [0.2, 0.25) is 0 Å². The molecule has 0 saturated carbocycles.